The van der Waals surface area contributed by atoms with Crippen molar-refractivity contribution in [1.29, 1.82) is 0 Å². The summed E-state index contributed by atoms with van der Waals surface area (Å²) in [5, 5.41) is 39.5. The fourth-order valence-electron chi connectivity index (χ4n) is 3.60. The molecule has 4 N–H and O–H groups in total. The second-order valence-electron chi connectivity index (χ2n) is 11.3. The van der Waals surface area contributed by atoms with Gasteiger partial charge in [0.05, 0.1) is 23.4 Å². The van der Waals surface area contributed by atoms with Crippen LogP contribution in [-0.2, 0) is 0 Å². The van der Waals surface area contributed by atoms with E-state index in [1.807, 2.05) is 0 Å². The minimum absolute atomic E-state index is 0.590. The lowest BCUT2D eigenvalue weighted by molar-refractivity contribution is -0.0510. The van der Waals surface area contributed by atoms with Crippen molar-refractivity contribution < 1.29 is 20.4 Å². The van der Waals surface area contributed by atoms with Crippen LogP contribution in [0.5, 0.6) is 0 Å². The van der Waals surface area contributed by atoms with Crippen molar-refractivity contribution in [3.8, 4) is 0 Å². The highest BCUT2D eigenvalue weighted by Crippen LogP contribution is 2.19. The van der Waals surface area contributed by atoms with Crippen molar-refractivity contribution in [1.82, 2.24) is 0 Å². The Balaban J connectivity index is 4.16. The standard InChI is InChI=1S/C30H54O4/c1-23(15-11-17-25(3)19-21-27(31)29(5,6)33)13-9-10-14-24(2)16-12-18-26(4)20-22-28(32)30(7,8)34/h13-14,17-18,27-28,31-34H,9-12,15-16,19-22H2,1-8H3/b23-13+,24-14+,25-17+,26-18+/t27-,28-/m0/s1. The summed E-state index contributed by atoms with van der Waals surface area (Å²) >= 11 is 0. The molecule has 0 aromatic carbocycles. The second kappa shape index (κ2) is 16.5. The lowest BCUT2D eigenvalue weighted by Crippen LogP contribution is -2.35. The first-order valence-electron chi connectivity index (χ1n) is 13.1. The lowest BCUT2D eigenvalue weighted by atomic mass is 9.95. The van der Waals surface area contributed by atoms with E-state index in [4.69, 9.17) is 0 Å². The molecule has 0 unspecified atom stereocenters. The Morgan fingerprint density at radius 3 is 1.09 bits per heavy atom. The third kappa shape index (κ3) is 17.3. The second-order valence-corrected chi connectivity index (χ2v) is 11.3. The SMILES string of the molecule is C/C(=C\CC/C=C(\C)CC/C=C(\C)CC[C@H](O)C(C)(C)O)CC/C=C(\C)CC[C@H](O)C(C)(C)O. The van der Waals surface area contributed by atoms with Crippen LogP contribution in [0.4, 0.5) is 0 Å². The van der Waals surface area contributed by atoms with E-state index in [2.05, 4.69) is 52.0 Å². The molecule has 198 valence electrons. The summed E-state index contributed by atoms with van der Waals surface area (Å²) < 4.78 is 0. The van der Waals surface area contributed by atoms with E-state index in [9.17, 15) is 20.4 Å². The molecule has 0 aliphatic rings. The fraction of sp³-hybridized carbons (Fsp3) is 0.733. The Morgan fingerprint density at radius 2 is 0.794 bits per heavy atom. The highest BCUT2D eigenvalue weighted by atomic mass is 16.3. The van der Waals surface area contributed by atoms with Crippen LogP contribution in [0.2, 0.25) is 0 Å². The quantitative estimate of drug-likeness (QED) is 0.135. The molecule has 0 aromatic rings. The number of aliphatic hydroxyl groups is 4. The maximum atomic E-state index is 9.93. The molecular weight excluding hydrogens is 424 g/mol. The number of hydrogen-bond acceptors (Lipinski definition) is 4. The minimum atomic E-state index is -1.04. The van der Waals surface area contributed by atoms with E-state index in [-0.39, 0.29) is 0 Å². The molecular formula is C30H54O4. The number of aliphatic hydroxyl groups excluding tert-OH is 2. The van der Waals surface area contributed by atoms with Crippen molar-refractivity contribution >= 4 is 0 Å². The van der Waals surface area contributed by atoms with Gasteiger partial charge in [0.15, 0.2) is 0 Å². The zero-order valence-electron chi connectivity index (χ0n) is 23.3. The van der Waals surface area contributed by atoms with Gasteiger partial charge in [-0.3, -0.25) is 0 Å². The smallest absolute Gasteiger partial charge is 0.0849 e. The van der Waals surface area contributed by atoms with Gasteiger partial charge in [0.25, 0.3) is 0 Å². The number of allylic oxidation sites excluding steroid dienone is 8. The van der Waals surface area contributed by atoms with Gasteiger partial charge in [0.1, 0.15) is 0 Å². The molecule has 0 aliphatic carbocycles. The van der Waals surface area contributed by atoms with Gasteiger partial charge >= 0.3 is 0 Å². The maximum Gasteiger partial charge on any atom is 0.0849 e. The predicted molar refractivity (Wildman–Crippen MR) is 146 cm³/mol. The van der Waals surface area contributed by atoms with Gasteiger partial charge in [-0.2, -0.15) is 0 Å². The highest BCUT2D eigenvalue weighted by molar-refractivity contribution is 5.07. The summed E-state index contributed by atoms with van der Waals surface area (Å²) in [6, 6.07) is 0. The summed E-state index contributed by atoms with van der Waals surface area (Å²) in [6.45, 7) is 15.2. The Kier molecular flexibility index (Phi) is 15.9. The van der Waals surface area contributed by atoms with Crippen molar-refractivity contribution in [3.63, 3.8) is 0 Å². The summed E-state index contributed by atoms with van der Waals surface area (Å²) in [5.41, 5.74) is 3.30. The average molecular weight is 479 g/mol. The maximum absolute atomic E-state index is 9.93. The first-order chi connectivity index (χ1) is 15.6. The van der Waals surface area contributed by atoms with E-state index in [1.165, 1.54) is 22.3 Å². The van der Waals surface area contributed by atoms with E-state index in [1.54, 1.807) is 27.7 Å². The molecule has 0 radical (unpaired) electrons. The van der Waals surface area contributed by atoms with Crippen molar-refractivity contribution in [2.24, 2.45) is 0 Å². The van der Waals surface area contributed by atoms with Crippen molar-refractivity contribution in [2.45, 2.75) is 143 Å². The number of rotatable bonds is 17. The molecule has 0 bridgehead atoms. The Bertz CT molecular complexity index is 624. The van der Waals surface area contributed by atoms with Crippen LogP contribution in [0, 0.1) is 0 Å². The summed E-state index contributed by atoms with van der Waals surface area (Å²) in [4.78, 5) is 0. The molecule has 4 heteroatoms. The molecule has 0 heterocycles. The first kappa shape index (κ1) is 32.8. The van der Waals surface area contributed by atoms with Crippen molar-refractivity contribution in [3.05, 3.63) is 46.6 Å². The van der Waals surface area contributed by atoms with Crippen LogP contribution >= 0.6 is 0 Å². The van der Waals surface area contributed by atoms with Crippen LogP contribution in [0.3, 0.4) is 0 Å². The summed E-state index contributed by atoms with van der Waals surface area (Å²) in [5.74, 6) is 0. The normalized spacial score (nSPS) is 16.7. The third-order valence-corrected chi connectivity index (χ3v) is 6.47. The monoisotopic (exact) mass is 478 g/mol. The van der Waals surface area contributed by atoms with Crippen LogP contribution in [0.15, 0.2) is 46.6 Å². The molecule has 4 nitrogen and oxygen atoms in total. The van der Waals surface area contributed by atoms with Crippen molar-refractivity contribution in [2.75, 3.05) is 0 Å². The topological polar surface area (TPSA) is 80.9 Å². The molecule has 34 heavy (non-hydrogen) atoms. The van der Waals surface area contributed by atoms with Crippen LogP contribution < -0.4 is 0 Å². The summed E-state index contributed by atoms with van der Waals surface area (Å²) in [6.07, 6.45) is 16.9. The van der Waals surface area contributed by atoms with Gasteiger partial charge < -0.3 is 20.4 Å². The van der Waals surface area contributed by atoms with Crippen LogP contribution in [0.1, 0.15) is 120 Å². The fourth-order valence-corrected chi connectivity index (χ4v) is 3.60. The van der Waals surface area contributed by atoms with Gasteiger partial charge in [-0.15, -0.1) is 0 Å². The molecule has 0 fully saturated rings. The van der Waals surface area contributed by atoms with Gasteiger partial charge in [0.2, 0.25) is 0 Å². The molecule has 0 aliphatic heterocycles. The zero-order chi connectivity index (χ0) is 26.4. The van der Waals surface area contributed by atoms with Gasteiger partial charge in [-0.05, 0) is 120 Å². The zero-order valence-corrected chi connectivity index (χ0v) is 23.3. The lowest BCUT2D eigenvalue weighted by Gasteiger charge is -2.24. The molecule has 0 amide bonds. The molecule has 0 spiro atoms. The Morgan fingerprint density at radius 1 is 0.529 bits per heavy atom. The third-order valence-electron chi connectivity index (χ3n) is 6.47. The van der Waals surface area contributed by atoms with E-state index < -0.39 is 23.4 Å². The number of unbranched alkanes of at least 4 members (excludes halogenated alkanes) is 1. The minimum Gasteiger partial charge on any atom is -0.390 e. The molecule has 0 aromatic heterocycles. The predicted octanol–water partition coefficient (Wildman–Crippen LogP) is 6.94. The van der Waals surface area contributed by atoms with E-state index >= 15 is 0 Å². The van der Waals surface area contributed by atoms with Gasteiger partial charge in [-0.25, -0.2) is 0 Å². The first-order valence-corrected chi connectivity index (χ1v) is 13.1. The van der Waals surface area contributed by atoms with Crippen LogP contribution in [-0.4, -0.2) is 43.8 Å². The molecule has 0 saturated heterocycles. The Labute approximate surface area is 210 Å². The van der Waals surface area contributed by atoms with Gasteiger partial charge in [-0.1, -0.05) is 46.6 Å². The van der Waals surface area contributed by atoms with E-state index in [0.29, 0.717) is 12.8 Å². The Hall–Kier alpha value is -1.20. The largest absolute Gasteiger partial charge is 0.390 e. The van der Waals surface area contributed by atoms with E-state index in [0.717, 1.165) is 51.4 Å². The molecule has 0 rings (SSSR count). The summed E-state index contributed by atoms with van der Waals surface area (Å²) in [7, 11) is 0. The molecule has 2 atom stereocenters. The van der Waals surface area contributed by atoms with Gasteiger partial charge in [0, 0.05) is 0 Å². The number of hydrogen-bond donors (Lipinski definition) is 4. The molecule has 0 saturated carbocycles. The van der Waals surface area contributed by atoms with Crippen LogP contribution in [0.25, 0.3) is 0 Å². The highest BCUT2D eigenvalue weighted by Gasteiger charge is 2.24. The average Bonchev–Trinajstić information content (AvgIpc) is 2.71.